The number of aromatic nitrogens is 1. The Bertz CT molecular complexity index is 449. The average Bonchev–Trinajstić information content (AvgIpc) is 2.56. The number of morpholine rings is 1. The number of hydrogen-bond acceptors (Lipinski definition) is 5. The van der Waals surface area contributed by atoms with Gasteiger partial charge in [0.15, 0.2) is 0 Å². The molecular formula is C16H27N3O2. The Hall–Kier alpha value is -1.17. The molecule has 1 aromatic rings. The monoisotopic (exact) mass is 293 g/mol. The molecule has 5 heteroatoms. The topological polar surface area (TPSA) is 46.6 Å². The molecule has 2 rings (SSSR count). The molecule has 0 amide bonds. The Balaban J connectivity index is 2.31. The van der Waals surface area contributed by atoms with Crippen LogP contribution in [0.3, 0.4) is 0 Å². The summed E-state index contributed by atoms with van der Waals surface area (Å²) in [5, 5.41) is 3.48. The molecule has 1 N–H and O–H groups in total. The first kappa shape index (κ1) is 16.2. The molecule has 5 nitrogen and oxygen atoms in total. The summed E-state index contributed by atoms with van der Waals surface area (Å²) >= 11 is 0. The van der Waals surface area contributed by atoms with E-state index >= 15 is 0 Å². The van der Waals surface area contributed by atoms with Crippen molar-refractivity contribution < 1.29 is 9.47 Å². The van der Waals surface area contributed by atoms with E-state index in [1.807, 2.05) is 13.2 Å². The van der Waals surface area contributed by atoms with Crippen LogP contribution in [-0.2, 0) is 4.74 Å². The molecule has 0 radical (unpaired) electrons. The zero-order chi connectivity index (χ0) is 15.3. The smallest absolute Gasteiger partial charge is 0.137 e. The highest BCUT2D eigenvalue weighted by Gasteiger charge is 2.39. The third-order valence-electron chi connectivity index (χ3n) is 4.66. The van der Waals surface area contributed by atoms with Crippen LogP contribution < -0.4 is 10.1 Å². The van der Waals surface area contributed by atoms with E-state index in [0.29, 0.717) is 0 Å². The maximum atomic E-state index is 5.50. The van der Waals surface area contributed by atoms with Gasteiger partial charge in [0.1, 0.15) is 5.75 Å². The van der Waals surface area contributed by atoms with Gasteiger partial charge in [-0.15, -0.1) is 0 Å². The molecule has 0 spiro atoms. The third kappa shape index (κ3) is 3.36. The zero-order valence-electron chi connectivity index (χ0n) is 13.6. The van der Waals surface area contributed by atoms with Crippen LogP contribution in [0.2, 0.25) is 0 Å². The van der Waals surface area contributed by atoms with Gasteiger partial charge >= 0.3 is 0 Å². The fourth-order valence-electron chi connectivity index (χ4n) is 3.23. The van der Waals surface area contributed by atoms with E-state index in [9.17, 15) is 0 Å². The maximum absolute atomic E-state index is 5.50. The van der Waals surface area contributed by atoms with E-state index in [2.05, 4.69) is 35.1 Å². The standard InChI is InChI=1S/C16H27N3O2/c1-5-16(2,19-6-8-21-9-7-19)15(17-3)13-10-14(20-4)12-18-11-13/h10-12,15,17H,5-9H2,1-4H3. The molecule has 2 unspecified atom stereocenters. The van der Waals surface area contributed by atoms with Crippen LogP contribution in [0.15, 0.2) is 18.5 Å². The van der Waals surface area contributed by atoms with Gasteiger partial charge in [-0.05, 0) is 32.0 Å². The molecular weight excluding hydrogens is 266 g/mol. The summed E-state index contributed by atoms with van der Waals surface area (Å²) in [6.07, 6.45) is 4.72. The molecule has 1 aromatic heterocycles. The molecule has 0 aliphatic carbocycles. The van der Waals surface area contributed by atoms with Crippen molar-refractivity contribution in [2.75, 3.05) is 40.5 Å². The predicted octanol–water partition coefficient (Wildman–Crippen LogP) is 1.85. The van der Waals surface area contributed by atoms with Crippen molar-refractivity contribution in [3.8, 4) is 5.75 Å². The van der Waals surface area contributed by atoms with Crippen LogP contribution in [0.1, 0.15) is 31.9 Å². The number of hydrogen-bond donors (Lipinski definition) is 1. The Labute approximate surface area is 127 Å². The summed E-state index contributed by atoms with van der Waals surface area (Å²) in [4.78, 5) is 6.83. The molecule has 1 aliphatic heterocycles. The van der Waals surface area contributed by atoms with E-state index in [4.69, 9.17) is 9.47 Å². The van der Waals surface area contributed by atoms with Crippen molar-refractivity contribution in [2.24, 2.45) is 0 Å². The zero-order valence-corrected chi connectivity index (χ0v) is 13.6. The minimum atomic E-state index is 0.0204. The van der Waals surface area contributed by atoms with Crippen molar-refractivity contribution in [3.63, 3.8) is 0 Å². The molecule has 1 fully saturated rings. The summed E-state index contributed by atoms with van der Waals surface area (Å²) < 4.78 is 10.8. The fraction of sp³-hybridized carbons (Fsp3) is 0.688. The van der Waals surface area contributed by atoms with E-state index in [0.717, 1.165) is 44.0 Å². The number of ether oxygens (including phenoxy) is 2. The first-order valence-electron chi connectivity index (χ1n) is 7.64. The second-order valence-corrected chi connectivity index (χ2v) is 5.69. The van der Waals surface area contributed by atoms with Crippen LogP contribution in [0.5, 0.6) is 5.75 Å². The highest BCUT2D eigenvalue weighted by atomic mass is 16.5. The maximum Gasteiger partial charge on any atom is 0.137 e. The fourth-order valence-corrected chi connectivity index (χ4v) is 3.23. The summed E-state index contributed by atoms with van der Waals surface area (Å²) in [5.74, 6) is 0.799. The Kier molecular flexibility index (Phi) is 5.56. The van der Waals surface area contributed by atoms with E-state index in [1.165, 1.54) is 0 Å². The molecule has 0 saturated carbocycles. The average molecular weight is 293 g/mol. The SMILES string of the molecule is CCC(C)(C(NC)c1cncc(OC)c1)N1CCOCC1. The molecule has 2 heterocycles. The van der Waals surface area contributed by atoms with Crippen LogP contribution in [0.25, 0.3) is 0 Å². The first-order valence-corrected chi connectivity index (χ1v) is 7.64. The van der Waals surface area contributed by atoms with Gasteiger partial charge in [-0.2, -0.15) is 0 Å². The lowest BCUT2D eigenvalue weighted by Crippen LogP contribution is -2.57. The lowest BCUT2D eigenvalue weighted by Gasteiger charge is -2.47. The molecule has 1 saturated heterocycles. The van der Waals surface area contributed by atoms with Gasteiger partial charge in [0.05, 0.1) is 32.6 Å². The van der Waals surface area contributed by atoms with Crippen molar-refractivity contribution in [1.29, 1.82) is 0 Å². The second-order valence-electron chi connectivity index (χ2n) is 5.69. The minimum absolute atomic E-state index is 0.0204. The van der Waals surface area contributed by atoms with Crippen LogP contribution in [-0.4, -0.2) is 55.9 Å². The molecule has 1 aliphatic rings. The molecule has 118 valence electrons. The number of likely N-dealkylation sites (N-methyl/N-ethyl adjacent to an activating group) is 1. The van der Waals surface area contributed by atoms with Gasteiger partial charge in [-0.3, -0.25) is 9.88 Å². The van der Waals surface area contributed by atoms with Gasteiger partial charge in [0.2, 0.25) is 0 Å². The highest BCUT2D eigenvalue weighted by molar-refractivity contribution is 5.28. The van der Waals surface area contributed by atoms with Crippen LogP contribution in [0, 0.1) is 0 Å². The van der Waals surface area contributed by atoms with Crippen LogP contribution in [0.4, 0.5) is 0 Å². The van der Waals surface area contributed by atoms with Gasteiger partial charge < -0.3 is 14.8 Å². The van der Waals surface area contributed by atoms with Crippen LogP contribution >= 0.6 is 0 Å². The normalized spacial score (nSPS) is 20.8. The van der Waals surface area contributed by atoms with Gasteiger partial charge in [-0.1, -0.05) is 6.92 Å². The Morgan fingerprint density at radius 1 is 1.43 bits per heavy atom. The van der Waals surface area contributed by atoms with Crippen molar-refractivity contribution in [2.45, 2.75) is 31.8 Å². The summed E-state index contributed by atoms with van der Waals surface area (Å²) in [5.41, 5.74) is 1.18. The molecule has 0 aromatic carbocycles. The van der Waals surface area contributed by atoms with E-state index < -0.39 is 0 Å². The largest absolute Gasteiger partial charge is 0.495 e. The first-order chi connectivity index (χ1) is 10.2. The van der Waals surface area contributed by atoms with Gasteiger partial charge in [-0.25, -0.2) is 0 Å². The molecule has 21 heavy (non-hydrogen) atoms. The molecule has 0 bridgehead atoms. The number of rotatable bonds is 6. The number of nitrogens with one attached hydrogen (secondary N) is 1. The van der Waals surface area contributed by atoms with Crippen molar-refractivity contribution >= 4 is 0 Å². The van der Waals surface area contributed by atoms with Gasteiger partial charge in [0, 0.05) is 24.8 Å². The summed E-state index contributed by atoms with van der Waals surface area (Å²) in [6.45, 7) is 8.12. The second kappa shape index (κ2) is 7.20. The lowest BCUT2D eigenvalue weighted by molar-refractivity contribution is -0.0320. The third-order valence-corrected chi connectivity index (χ3v) is 4.66. The minimum Gasteiger partial charge on any atom is -0.495 e. The number of methoxy groups -OCH3 is 1. The quantitative estimate of drug-likeness (QED) is 0.867. The van der Waals surface area contributed by atoms with E-state index in [1.54, 1.807) is 13.3 Å². The van der Waals surface area contributed by atoms with E-state index in [-0.39, 0.29) is 11.6 Å². The predicted molar refractivity (Wildman–Crippen MR) is 83.7 cm³/mol. The summed E-state index contributed by atoms with van der Waals surface area (Å²) in [7, 11) is 3.69. The van der Waals surface area contributed by atoms with Crippen molar-refractivity contribution in [3.05, 3.63) is 24.0 Å². The Morgan fingerprint density at radius 3 is 2.71 bits per heavy atom. The molecule has 2 atom stereocenters. The number of pyridine rings is 1. The lowest BCUT2D eigenvalue weighted by atomic mass is 9.83. The highest BCUT2D eigenvalue weighted by Crippen LogP contribution is 2.35. The number of nitrogens with zero attached hydrogens (tertiary/aromatic N) is 2. The Morgan fingerprint density at radius 2 is 2.14 bits per heavy atom. The van der Waals surface area contributed by atoms with Gasteiger partial charge in [0.25, 0.3) is 0 Å². The van der Waals surface area contributed by atoms with Crippen molar-refractivity contribution in [1.82, 2.24) is 15.2 Å². The summed E-state index contributed by atoms with van der Waals surface area (Å²) in [6, 6.07) is 2.27.